The van der Waals surface area contributed by atoms with Crippen LogP contribution in [-0.2, 0) is 4.79 Å². The van der Waals surface area contributed by atoms with Crippen molar-refractivity contribution in [1.29, 1.82) is 0 Å². The molecule has 1 rings (SSSR count). The Morgan fingerprint density at radius 2 is 2.00 bits per heavy atom. The topological polar surface area (TPSA) is 61.4 Å². The molecule has 0 bridgehead atoms. The molecule has 1 amide bonds. The van der Waals surface area contributed by atoms with E-state index in [0.29, 0.717) is 19.5 Å². The SMILES string of the molecule is CNCC(=O)NCC(CCO)c1ccccc1.Cl. The summed E-state index contributed by atoms with van der Waals surface area (Å²) in [5.41, 5.74) is 1.14. The molecule has 0 aliphatic carbocycles. The van der Waals surface area contributed by atoms with Gasteiger partial charge >= 0.3 is 0 Å². The van der Waals surface area contributed by atoms with Crippen molar-refractivity contribution in [3.63, 3.8) is 0 Å². The molecule has 0 aromatic heterocycles. The molecule has 0 aliphatic heterocycles. The molecule has 1 unspecified atom stereocenters. The fourth-order valence-electron chi connectivity index (χ4n) is 1.73. The van der Waals surface area contributed by atoms with Gasteiger partial charge in [-0.25, -0.2) is 0 Å². The summed E-state index contributed by atoms with van der Waals surface area (Å²) in [7, 11) is 1.74. The highest BCUT2D eigenvalue weighted by Crippen LogP contribution is 2.17. The van der Waals surface area contributed by atoms with Gasteiger partial charge in [-0.15, -0.1) is 12.4 Å². The second kappa shape index (κ2) is 9.88. The Morgan fingerprint density at radius 3 is 2.56 bits per heavy atom. The number of amides is 1. The van der Waals surface area contributed by atoms with E-state index in [1.54, 1.807) is 7.05 Å². The van der Waals surface area contributed by atoms with Crippen molar-refractivity contribution in [1.82, 2.24) is 10.6 Å². The minimum atomic E-state index is -0.0219. The van der Waals surface area contributed by atoms with Crippen molar-refractivity contribution in [3.8, 4) is 0 Å². The summed E-state index contributed by atoms with van der Waals surface area (Å²) < 4.78 is 0. The number of hydrogen-bond acceptors (Lipinski definition) is 3. The van der Waals surface area contributed by atoms with Gasteiger partial charge in [0.15, 0.2) is 0 Å². The first-order chi connectivity index (χ1) is 8.27. The number of hydrogen-bond donors (Lipinski definition) is 3. The normalized spacial score (nSPS) is 11.4. The number of aliphatic hydroxyl groups is 1. The lowest BCUT2D eigenvalue weighted by molar-refractivity contribution is -0.120. The van der Waals surface area contributed by atoms with Crippen LogP contribution in [0.1, 0.15) is 17.9 Å². The lowest BCUT2D eigenvalue weighted by Gasteiger charge is -2.17. The average Bonchev–Trinajstić information content (AvgIpc) is 2.36. The molecule has 4 nitrogen and oxygen atoms in total. The highest BCUT2D eigenvalue weighted by Gasteiger charge is 2.11. The minimum absolute atomic E-state index is 0. The van der Waals surface area contributed by atoms with Gasteiger partial charge in [-0.1, -0.05) is 30.3 Å². The number of carbonyl (C=O) groups excluding carboxylic acids is 1. The number of benzene rings is 1. The second-order valence-electron chi connectivity index (χ2n) is 3.95. The van der Waals surface area contributed by atoms with E-state index in [2.05, 4.69) is 10.6 Å². The average molecular weight is 273 g/mol. The zero-order valence-corrected chi connectivity index (χ0v) is 11.4. The lowest BCUT2D eigenvalue weighted by atomic mass is 9.96. The maximum absolute atomic E-state index is 11.3. The maximum Gasteiger partial charge on any atom is 0.233 e. The fraction of sp³-hybridized carbons (Fsp3) is 0.462. The third-order valence-corrected chi connectivity index (χ3v) is 2.63. The third kappa shape index (κ3) is 6.00. The van der Waals surface area contributed by atoms with Crippen molar-refractivity contribution in [2.75, 3.05) is 26.7 Å². The predicted octanol–water partition coefficient (Wildman–Crippen LogP) is 0.910. The van der Waals surface area contributed by atoms with Gasteiger partial charge in [0.1, 0.15) is 0 Å². The smallest absolute Gasteiger partial charge is 0.233 e. The van der Waals surface area contributed by atoms with Crippen LogP contribution in [0.4, 0.5) is 0 Å². The molecule has 0 radical (unpaired) electrons. The standard InChI is InChI=1S/C13H20N2O2.ClH/c1-14-10-13(17)15-9-12(7-8-16)11-5-3-2-4-6-11;/h2-6,12,14,16H,7-10H2,1H3,(H,15,17);1H. The zero-order valence-electron chi connectivity index (χ0n) is 10.6. The molecule has 18 heavy (non-hydrogen) atoms. The molecule has 0 saturated heterocycles. The predicted molar refractivity (Wildman–Crippen MR) is 75.1 cm³/mol. The molecule has 102 valence electrons. The van der Waals surface area contributed by atoms with Crippen molar-refractivity contribution >= 4 is 18.3 Å². The number of aliphatic hydroxyl groups excluding tert-OH is 1. The van der Waals surface area contributed by atoms with Crippen LogP contribution >= 0.6 is 12.4 Å². The molecule has 1 atom stereocenters. The lowest BCUT2D eigenvalue weighted by Crippen LogP contribution is -2.35. The summed E-state index contributed by atoms with van der Waals surface area (Å²) in [5.74, 6) is 0.147. The molecular weight excluding hydrogens is 252 g/mol. The van der Waals surface area contributed by atoms with Gasteiger partial charge in [0.25, 0.3) is 0 Å². The Labute approximate surface area is 114 Å². The van der Waals surface area contributed by atoms with Gasteiger partial charge < -0.3 is 15.7 Å². The Morgan fingerprint density at radius 1 is 1.33 bits per heavy atom. The number of halogens is 1. The molecule has 1 aromatic rings. The molecule has 1 aromatic carbocycles. The van der Waals surface area contributed by atoms with Gasteiger partial charge in [-0.05, 0) is 19.0 Å². The van der Waals surface area contributed by atoms with Crippen LogP contribution in [0.5, 0.6) is 0 Å². The Hall–Kier alpha value is -1.10. The molecule has 0 fully saturated rings. The van der Waals surface area contributed by atoms with Crippen molar-refractivity contribution in [3.05, 3.63) is 35.9 Å². The van der Waals surface area contributed by atoms with E-state index < -0.39 is 0 Å². The summed E-state index contributed by atoms with van der Waals surface area (Å²) in [6.07, 6.45) is 0.657. The number of likely N-dealkylation sites (N-methyl/N-ethyl adjacent to an activating group) is 1. The van der Waals surface area contributed by atoms with Crippen molar-refractivity contribution in [2.45, 2.75) is 12.3 Å². The van der Waals surface area contributed by atoms with Crippen LogP contribution in [-0.4, -0.2) is 37.8 Å². The second-order valence-corrected chi connectivity index (χ2v) is 3.95. The van der Waals surface area contributed by atoms with Gasteiger partial charge in [0.05, 0.1) is 6.54 Å². The van der Waals surface area contributed by atoms with Crippen LogP contribution in [0.25, 0.3) is 0 Å². The largest absolute Gasteiger partial charge is 0.396 e. The van der Waals surface area contributed by atoms with Crippen molar-refractivity contribution < 1.29 is 9.90 Å². The Balaban J connectivity index is 0.00000289. The molecule has 0 heterocycles. The Bertz CT molecular complexity index is 333. The first kappa shape index (κ1) is 16.9. The zero-order chi connectivity index (χ0) is 12.5. The van der Waals surface area contributed by atoms with Gasteiger partial charge in [0, 0.05) is 19.1 Å². The van der Waals surface area contributed by atoms with E-state index in [0.717, 1.165) is 5.56 Å². The molecule has 0 aliphatic rings. The quantitative estimate of drug-likeness (QED) is 0.691. The first-order valence-electron chi connectivity index (χ1n) is 5.85. The Kier molecular flexibility index (Phi) is 9.28. The third-order valence-electron chi connectivity index (χ3n) is 2.63. The maximum atomic E-state index is 11.3. The van der Waals surface area contributed by atoms with E-state index in [1.807, 2.05) is 30.3 Å². The highest BCUT2D eigenvalue weighted by atomic mass is 35.5. The van der Waals surface area contributed by atoms with Crippen LogP contribution in [0, 0.1) is 0 Å². The van der Waals surface area contributed by atoms with Gasteiger partial charge in [-0.2, -0.15) is 0 Å². The summed E-state index contributed by atoms with van der Waals surface area (Å²) in [4.78, 5) is 11.3. The molecule has 3 N–H and O–H groups in total. The van der Waals surface area contributed by atoms with Gasteiger partial charge in [-0.3, -0.25) is 4.79 Å². The highest BCUT2D eigenvalue weighted by molar-refractivity contribution is 5.85. The summed E-state index contributed by atoms with van der Waals surface area (Å²) in [6.45, 7) is 1.01. The van der Waals surface area contributed by atoms with Crippen molar-refractivity contribution in [2.24, 2.45) is 0 Å². The van der Waals surface area contributed by atoms with E-state index in [4.69, 9.17) is 5.11 Å². The molecular formula is C13H21ClN2O2. The van der Waals surface area contributed by atoms with Crippen LogP contribution in [0.2, 0.25) is 0 Å². The van der Waals surface area contributed by atoms with Crippen LogP contribution in [0.15, 0.2) is 30.3 Å². The van der Waals surface area contributed by atoms with E-state index >= 15 is 0 Å². The molecule has 5 heteroatoms. The van der Waals surface area contributed by atoms with Crippen LogP contribution in [0.3, 0.4) is 0 Å². The summed E-state index contributed by atoms with van der Waals surface area (Å²) in [5, 5.41) is 14.7. The summed E-state index contributed by atoms with van der Waals surface area (Å²) >= 11 is 0. The fourth-order valence-corrected chi connectivity index (χ4v) is 1.73. The number of carbonyl (C=O) groups is 1. The minimum Gasteiger partial charge on any atom is -0.396 e. The number of rotatable bonds is 7. The van der Waals surface area contributed by atoms with Crippen LogP contribution < -0.4 is 10.6 Å². The van der Waals surface area contributed by atoms with E-state index in [9.17, 15) is 4.79 Å². The van der Waals surface area contributed by atoms with Gasteiger partial charge in [0.2, 0.25) is 5.91 Å². The monoisotopic (exact) mass is 272 g/mol. The molecule has 0 saturated carbocycles. The summed E-state index contributed by atoms with van der Waals surface area (Å²) in [6, 6.07) is 9.93. The van der Waals surface area contributed by atoms with E-state index in [-0.39, 0.29) is 30.8 Å². The first-order valence-corrected chi connectivity index (χ1v) is 5.85. The molecule has 0 spiro atoms. The number of nitrogens with one attached hydrogen (secondary N) is 2. The van der Waals surface area contributed by atoms with E-state index in [1.165, 1.54) is 0 Å².